The molecule has 1 N–H and O–H groups in total. The highest BCUT2D eigenvalue weighted by Gasteiger charge is 2.09. The van der Waals surface area contributed by atoms with Gasteiger partial charge in [-0.2, -0.15) is 0 Å². The molecule has 0 aromatic rings. The molecule has 0 aromatic heterocycles. The van der Waals surface area contributed by atoms with E-state index < -0.39 is 0 Å². The van der Waals surface area contributed by atoms with Crippen molar-refractivity contribution >= 4 is 12.6 Å². The average molecular weight is 171 g/mol. The van der Waals surface area contributed by atoms with Crippen LogP contribution in [-0.2, 0) is 12.6 Å². The number of hydrogen-bond donors (Lipinski definition) is 1. The topological polar surface area (TPSA) is 31.5 Å². The highest BCUT2D eigenvalue weighted by molar-refractivity contribution is 7.64. The van der Waals surface area contributed by atoms with E-state index >= 15 is 0 Å². The first-order chi connectivity index (χ1) is 5.24. The van der Waals surface area contributed by atoms with Crippen LogP contribution >= 0.6 is 0 Å². The van der Waals surface area contributed by atoms with Gasteiger partial charge in [0, 0.05) is 7.05 Å². The number of nitrogens with zero attached hydrogens (tertiary/aromatic N) is 2. The van der Waals surface area contributed by atoms with Crippen molar-refractivity contribution in [3.8, 4) is 5.40 Å². The summed E-state index contributed by atoms with van der Waals surface area (Å²) in [5.74, 6) is 0. The molecule has 4 heteroatoms. The Morgan fingerprint density at radius 3 is 2.55 bits per heavy atom. The maximum absolute atomic E-state index is 7.13. The second-order valence-electron chi connectivity index (χ2n) is 2.33. The summed E-state index contributed by atoms with van der Waals surface area (Å²) in [6.45, 7) is 4.52. The molecule has 1 heterocycles. The lowest BCUT2D eigenvalue weighted by molar-refractivity contribution is -0.846. The second kappa shape index (κ2) is 5.96. The van der Waals surface area contributed by atoms with Gasteiger partial charge in [0.1, 0.15) is 6.20 Å². The predicted molar refractivity (Wildman–Crippen MR) is 46.3 cm³/mol. The molecule has 11 heavy (non-hydrogen) atoms. The summed E-state index contributed by atoms with van der Waals surface area (Å²) in [6.07, 6.45) is 4.32. The maximum atomic E-state index is 7.13. The second-order valence-corrected chi connectivity index (χ2v) is 2.52. The Morgan fingerprint density at radius 2 is 2.36 bits per heavy atom. The largest absolute Gasteiger partial charge is 0.696 e. The van der Waals surface area contributed by atoms with Crippen molar-refractivity contribution in [3.63, 3.8) is 0 Å². The summed E-state index contributed by atoms with van der Waals surface area (Å²) < 4.78 is 0. The molecular weight excluding hydrogens is 158 g/mol. The van der Waals surface area contributed by atoms with E-state index in [9.17, 15) is 0 Å². The third kappa shape index (κ3) is 4.59. The highest BCUT2D eigenvalue weighted by Crippen LogP contribution is 1.80. The van der Waals surface area contributed by atoms with E-state index in [1.165, 1.54) is 16.8 Å². The summed E-state index contributed by atoms with van der Waals surface area (Å²) >= 11 is 3.70. The van der Waals surface area contributed by atoms with Gasteiger partial charge < -0.3 is 17.5 Å². The van der Waals surface area contributed by atoms with Gasteiger partial charge in [-0.3, -0.25) is 4.90 Å². The maximum Gasteiger partial charge on any atom is 0.156 e. The van der Waals surface area contributed by atoms with Crippen molar-refractivity contribution in [2.75, 3.05) is 20.3 Å². The summed E-state index contributed by atoms with van der Waals surface area (Å²) in [4.78, 5) is 3.73. The Balaban J connectivity index is 0.000000292. The Morgan fingerprint density at radius 1 is 1.82 bits per heavy atom. The fourth-order valence-electron chi connectivity index (χ4n) is 0.888. The van der Waals surface area contributed by atoms with Crippen molar-refractivity contribution in [2.24, 2.45) is 0 Å². The monoisotopic (exact) mass is 171 g/mol. The summed E-state index contributed by atoms with van der Waals surface area (Å²) in [6, 6.07) is 0. The Labute approximate surface area is 73.3 Å². The van der Waals surface area contributed by atoms with E-state index in [-0.39, 0.29) is 0 Å². The third-order valence-electron chi connectivity index (χ3n) is 1.47. The minimum Gasteiger partial charge on any atom is -0.696 e. The van der Waals surface area contributed by atoms with Crippen LogP contribution in [0, 0.1) is 10.7 Å². The zero-order valence-corrected chi connectivity index (χ0v) is 7.69. The zero-order valence-electron chi connectivity index (χ0n) is 6.87. The Bertz CT molecular complexity index is 162. The minimum atomic E-state index is 1.14. The SMILES string of the molecule is CC[NH+]1C=CN(C)C1.N#C[S-]. The number of rotatable bonds is 1. The van der Waals surface area contributed by atoms with Crippen LogP contribution in [0.3, 0.4) is 0 Å². The normalized spacial score (nSPS) is 20.5. The molecule has 1 atom stereocenters. The van der Waals surface area contributed by atoms with E-state index in [1.807, 2.05) is 0 Å². The standard InChI is InChI=1S/C6H12N2.CHNS/c1-3-8-5-4-7(2)6-8;2-1-3/h4-5H,3,6H2,1-2H3;3H. The number of nitrogens with one attached hydrogen (secondary N) is 1. The van der Waals surface area contributed by atoms with E-state index in [4.69, 9.17) is 5.26 Å². The van der Waals surface area contributed by atoms with Gasteiger partial charge in [0.25, 0.3) is 0 Å². The number of quaternary nitrogens is 1. The third-order valence-corrected chi connectivity index (χ3v) is 1.47. The van der Waals surface area contributed by atoms with Crippen LogP contribution in [-0.4, -0.2) is 25.2 Å². The van der Waals surface area contributed by atoms with Crippen LogP contribution in [0.25, 0.3) is 0 Å². The molecule has 62 valence electrons. The molecule has 1 aliphatic rings. The zero-order chi connectivity index (χ0) is 8.69. The Kier molecular flexibility index (Phi) is 5.53. The first kappa shape index (κ1) is 10.2. The Hall–Kier alpha value is -0.790. The van der Waals surface area contributed by atoms with Gasteiger partial charge in [-0.05, 0) is 6.92 Å². The molecule has 0 saturated heterocycles. The van der Waals surface area contributed by atoms with Crippen molar-refractivity contribution in [1.82, 2.24) is 4.90 Å². The number of nitriles is 1. The lowest BCUT2D eigenvalue weighted by Gasteiger charge is -2.09. The van der Waals surface area contributed by atoms with E-state index in [2.05, 4.69) is 43.9 Å². The molecular formula is C7H13N3S. The molecule has 1 aliphatic heterocycles. The molecule has 0 saturated carbocycles. The van der Waals surface area contributed by atoms with Gasteiger partial charge in [-0.15, -0.1) is 0 Å². The van der Waals surface area contributed by atoms with Gasteiger partial charge in [0.15, 0.2) is 6.67 Å². The van der Waals surface area contributed by atoms with Crippen LogP contribution in [0.5, 0.6) is 0 Å². The van der Waals surface area contributed by atoms with Crippen molar-refractivity contribution in [1.29, 1.82) is 5.26 Å². The summed E-state index contributed by atoms with van der Waals surface area (Å²) in [7, 11) is 2.10. The van der Waals surface area contributed by atoms with Crippen molar-refractivity contribution in [2.45, 2.75) is 6.92 Å². The van der Waals surface area contributed by atoms with Gasteiger partial charge in [0.05, 0.1) is 12.7 Å². The van der Waals surface area contributed by atoms with Crippen molar-refractivity contribution < 1.29 is 4.90 Å². The van der Waals surface area contributed by atoms with Crippen LogP contribution in [0.1, 0.15) is 6.92 Å². The van der Waals surface area contributed by atoms with E-state index in [0.29, 0.717) is 0 Å². The molecule has 0 bridgehead atoms. The molecule has 3 nitrogen and oxygen atoms in total. The van der Waals surface area contributed by atoms with Gasteiger partial charge in [0.2, 0.25) is 0 Å². The highest BCUT2D eigenvalue weighted by atomic mass is 32.1. The first-order valence-electron chi connectivity index (χ1n) is 3.49. The smallest absolute Gasteiger partial charge is 0.156 e. The lowest BCUT2D eigenvalue weighted by atomic mass is 10.6. The fraction of sp³-hybridized carbons (Fsp3) is 0.571. The molecule has 0 amide bonds. The predicted octanol–water partition coefficient (Wildman–Crippen LogP) is -0.720. The minimum absolute atomic E-state index is 1.14. The van der Waals surface area contributed by atoms with Crippen LogP contribution < -0.4 is 4.90 Å². The first-order valence-corrected chi connectivity index (χ1v) is 3.89. The van der Waals surface area contributed by atoms with E-state index in [0.717, 1.165) is 6.67 Å². The molecule has 0 aromatic carbocycles. The molecule has 1 unspecified atom stereocenters. The summed E-state index contributed by atoms with van der Waals surface area (Å²) in [5.41, 5.74) is 0. The van der Waals surface area contributed by atoms with Crippen LogP contribution in [0.2, 0.25) is 0 Å². The number of hydrogen-bond acceptors (Lipinski definition) is 3. The average Bonchev–Trinajstić information content (AvgIpc) is 2.37. The molecule has 0 spiro atoms. The fourth-order valence-corrected chi connectivity index (χ4v) is 0.888. The van der Waals surface area contributed by atoms with Crippen molar-refractivity contribution in [3.05, 3.63) is 12.4 Å². The van der Waals surface area contributed by atoms with Gasteiger partial charge >= 0.3 is 0 Å². The van der Waals surface area contributed by atoms with Crippen LogP contribution in [0.4, 0.5) is 0 Å². The van der Waals surface area contributed by atoms with Gasteiger partial charge in [-0.25, -0.2) is 5.26 Å². The lowest BCUT2D eigenvalue weighted by Crippen LogP contribution is -3.06. The summed E-state index contributed by atoms with van der Waals surface area (Å²) in [5, 5.41) is 8.47. The van der Waals surface area contributed by atoms with Gasteiger partial charge in [-0.1, -0.05) is 5.40 Å². The quantitative estimate of drug-likeness (QED) is 0.417. The molecule has 0 aliphatic carbocycles. The van der Waals surface area contributed by atoms with E-state index in [1.54, 1.807) is 0 Å². The molecule has 0 radical (unpaired) electrons. The molecule has 0 fully saturated rings. The molecule has 1 rings (SSSR count). The van der Waals surface area contributed by atoms with Crippen LogP contribution in [0.15, 0.2) is 12.4 Å². The number of thiocyanates is 1.